The number of hydrogen-bond donors (Lipinski definition) is 3. The molecule has 0 aliphatic heterocycles. The summed E-state index contributed by atoms with van der Waals surface area (Å²) in [4.78, 5) is 30.1. The van der Waals surface area contributed by atoms with Crippen LogP contribution in [0.15, 0.2) is 84.9 Å². The third kappa shape index (κ3) is 6.65. The molecule has 1 heterocycles. The van der Waals surface area contributed by atoms with E-state index in [0.717, 1.165) is 46.4 Å². The molecule has 0 bridgehead atoms. The molecule has 0 spiro atoms. The number of aryl methyl sites for hydroxylation is 2. The van der Waals surface area contributed by atoms with Crippen molar-refractivity contribution in [2.75, 3.05) is 5.75 Å². The molecule has 4 aromatic carbocycles. The fraction of sp³-hybridized carbons (Fsp3) is 0.229. The Kier molecular flexibility index (Phi) is 9.26. The number of imidazole rings is 1. The van der Waals surface area contributed by atoms with Crippen molar-refractivity contribution in [3.63, 3.8) is 0 Å². The molecule has 0 radical (unpaired) electrons. The number of fused-ring (bicyclic) bond motifs is 1. The zero-order valence-corrected chi connectivity index (χ0v) is 25.1. The largest absolute Gasteiger partial charge is 0.478 e. The molecule has 0 aliphatic carbocycles. The van der Waals surface area contributed by atoms with Crippen LogP contribution in [0.25, 0.3) is 22.2 Å². The van der Waals surface area contributed by atoms with E-state index in [2.05, 4.69) is 29.4 Å². The smallest absolute Gasteiger partial charge is 0.336 e. The summed E-state index contributed by atoms with van der Waals surface area (Å²) in [6.45, 7) is 4.61. The topological polar surface area (TPSA) is 84.2 Å². The number of thiol groups is 1. The van der Waals surface area contributed by atoms with Crippen molar-refractivity contribution >= 4 is 35.5 Å². The van der Waals surface area contributed by atoms with Crippen molar-refractivity contribution in [1.82, 2.24) is 14.9 Å². The van der Waals surface area contributed by atoms with Crippen LogP contribution in [0.5, 0.6) is 0 Å². The van der Waals surface area contributed by atoms with E-state index in [4.69, 9.17) is 4.98 Å². The Hall–Kier alpha value is -4.43. The molecular weight excluding hydrogens is 561 g/mol. The van der Waals surface area contributed by atoms with Crippen LogP contribution >= 0.6 is 12.6 Å². The number of halogens is 1. The van der Waals surface area contributed by atoms with E-state index in [1.807, 2.05) is 55.5 Å². The van der Waals surface area contributed by atoms with Gasteiger partial charge in [0.15, 0.2) is 0 Å². The molecule has 1 aromatic heterocycles. The maximum atomic E-state index is 14.2. The van der Waals surface area contributed by atoms with E-state index in [-0.39, 0.29) is 23.3 Å². The maximum Gasteiger partial charge on any atom is 0.336 e. The zero-order chi connectivity index (χ0) is 30.5. The van der Waals surface area contributed by atoms with E-state index in [0.29, 0.717) is 35.4 Å². The summed E-state index contributed by atoms with van der Waals surface area (Å²) >= 11 is 4.41. The predicted octanol–water partition coefficient (Wildman–Crippen LogP) is 7.12. The van der Waals surface area contributed by atoms with Crippen molar-refractivity contribution in [1.29, 1.82) is 0 Å². The first-order valence-electron chi connectivity index (χ1n) is 14.4. The highest BCUT2D eigenvalue weighted by Gasteiger charge is 2.19. The third-order valence-electron chi connectivity index (χ3n) is 7.60. The van der Waals surface area contributed by atoms with E-state index < -0.39 is 5.97 Å². The van der Waals surface area contributed by atoms with E-state index in [1.54, 1.807) is 30.3 Å². The van der Waals surface area contributed by atoms with Gasteiger partial charge in [-0.3, -0.25) is 4.79 Å². The number of benzene rings is 4. The summed E-state index contributed by atoms with van der Waals surface area (Å²) in [7, 11) is 0. The summed E-state index contributed by atoms with van der Waals surface area (Å²) in [6, 6.07) is 24.8. The molecule has 5 aromatic rings. The quantitative estimate of drug-likeness (QED) is 0.142. The Morgan fingerprint density at radius 2 is 1.74 bits per heavy atom. The monoisotopic (exact) mass is 595 g/mol. The van der Waals surface area contributed by atoms with Crippen molar-refractivity contribution < 1.29 is 19.1 Å². The number of aromatic carboxylic acids is 1. The number of carbonyl (C=O) groups excluding carboxylic acids is 1. The van der Waals surface area contributed by atoms with Crippen LogP contribution in [-0.2, 0) is 19.4 Å². The number of nitrogens with one attached hydrogen (secondary N) is 1. The Labute approximate surface area is 256 Å². The molecule has 2 N–H and O–H groups in total. The number of carboxylic acid groups (broad SMARTS) is 1. The van der Waals surface area contributed by atoms with Gasteiger partial charge >= 0.3 is 5.97 Å². The lowest BCUT2D eigenvalue weighted by atomic mass is 9.98. The number of nitrogens with zero attached hydrogens (tertiary/aromatic N) is 2. The van der Waals surface area contributed by atoms with Gasteiger partial charge in [-0.25, -0.2) is 14.2 Å². The molecule has 0 unspecified atom stereocenters. The molecule has 1 atom stereocenters. The Morgan fingerprint density at radius 3 is 2.44 bits per heavy atom. The van der Waals surface area contributed by atoms with Crippen LogP contribution in [0, 0.1) is 12.7 Å². The van der Waals surface area contributed by atoms with Crippen LogP contribution in [0.1, 0.15) is 56.6 Å². The molecular formula is C35H34FN3O3S. The standard InChI is InChI=1S/C35H34FN3O3S/c1-3-8-32-38-33-22(2)17-26(34(40)37-27(21-43)18-25-9-4-7-12-30(25)36)19-31(33)39(32)20-23-13-15-24(16-14-23)28-10-5-6-11-29(28)35(41)42/h4-7,9-17,19,27,43H,3,8,18,20-21H2,1-2H3,(H,37,40)(H,41,42)/t27-/m1/s1. The van der Waals surface area contributed by atoms with Gasteiger partial charge in [0, 0.05) is 30.3 Å². The van der Waals surface area contributed by atoms with Gasteiger partial charge in [0.2, 0.25) is 0 Å². The van der Waals surface area contributed by atoms with Crippen molar-refractivity contribution in [3.05, 3.63) is 124 Å². The second-order valence-electron chi connectivity index (χ2n) is 10.7. The van der Waals surface area contributed by atoms with Gasteiger partial charge in [0.1, 0.15) is 11.6 Å². The SMILES string of the molecule is CCCc1nc2c(C)cc(C(=O)N[C@@H](CS)Cc3ccccc3F)cc2n1Cc1ccc(-c2ccccc2C(=O)O)cc1. The van der Waals surface area contributed by atoms with Gasteiger partial charge in [-0.2, -0.15) is 12.6 Å². The number of amides is 1. The summed E-state index contributed by atoms with van der Waals surface area (Å²) < 4.78 is 16.4. The lowest BCUT2D eigenvalue weighted by Gasteiger charge is -2.18. The van der Waals surface area contributed by atoms with Crippen LogP contribution in [-0.4, -0.2) is 38.3 Å². The Bertz CT molecular complexity index is 1780. The molecule has 0 fully saturated rings. The third-order valence-corrected chi connectivity index (χ3v) is 8.04. The lowest BCUT2D eigenvalue weighted by molar-refractivity contribution is 0.0697. The minimum atomic E-state index is -0.961. The molecule has 6 nitrogen and oxygen atoms in total. The molecule has 0 saturated heterocycles. The summed E-state index contributed by atoms with van der Waals surface area (Å²) in [6.07, 6.45) is 2.04. The average Bonchev–Trinajstić information content (AvgIpc) is 3.35. The number of carbonyl (C=O) groups is 2. The van der Waals surface area contributed by atoms with Gasteiger partial charge in [-0.1, -0.05) is 67.6 Å². The maximum absolute atomic E-state index is 14.2. The molecule has 5 rings (SSSR count). The number of hydrogen-bond acceptors (Lipinski definition) is 4. The number of rotatable bonds is 11. The fourth-order valence-electron chi connectivity index (χ4n) is 5.42. The van der Waals surface area contributed by atoms with Gasteiger partial charge < -0.3 is 15.0 Å². The second-order valence-corrected chi connectivity index (χ2v) is 11.1. The van der Waals surface area contributed by atoms with Gasteiger partial charge in [0.05, 0.1) is 16.6 Å². The summed E-state index contributed by atoms with van der Waals surface area (Å²) in [5.41, 5.74) is 6.45. The minimum Gasteiger partial charge on any atom is -0.478 e. The fourth-order valence-corrected chi connectivity index (χ4v) is 5.64. The first kappa shape index (κ1) is 30.0. The number of aromatic nitrogens is 2. The molecule has 43 heavy (non-hydrogen) atoms. The lowest BCUT2D eigenvalue weighted by Crippen LogP contribution is -2.38. The number of carboxylic acids is 1. The Morgan fingerprint density at radius 1 is 1.02 bits per heavy atom. The molecule has 0 aliphatic rings. The molecule has 8 heteroatoms. The first-order valence-corrected chi connectivity index (χ1v) is 15.0. The average molecular weight is 596 g/mol. The minimum absolute atomic E-state index is 0.244. The van der Waals surface area contributed by atoms with Crippen LogP contribution < -0.4 is 5.32 Å². The van der Waals surface area contributed by atoms with Gasteiger partial charge in [-0.05, 0) is 71.8 Å². The van der Waals surface area contributed by atoms with Crippen LogP contribution in [0.2, 0.25) is 0 Å². The van der Waals surface area contributed by atoms with Gasteiger partial charge in [0.25, 0.3) is 5.91 Å². The molecule has 0 saturated carbocycles. The molecule has 1 amide bonds. The van der Waals surface area contributed by atoms with E-state index in [9.17, 15) is 19.1 Å². The van der Waals surface area contributed by atoms with Gasteiger partial charge in [-0.15, -0.1) is 0 Å². The highest BCUT2D eigenvalue weighted by Crippen LogP contribution is 2.27. The van der Waals surface area contributed by atoms with Crippen molar-refractivity contribution in [3.8, 4) is 11.1 Å². The van der Waals surface area contributed by atoms with Crippen molar-refractivity contribution in [2.24, 2.45) is 0 Å². The van der Waals surface area contributed by atoms with Crippen LogP contribution in [0.3, 0.4) is 0 Å². The second kappa shape index (κ2) is 13.3. The van der Waals surface area contributed by atoms with Crippen molar-refractivity contribution in [2.45, 2.75) is 45.7 Å². The predicted molar refractivity (Wildman–Crippen MR) is 172 cm³/mol. The summed E-state index contributed by atoms with van der Waals surface area (Å²) in [5.74, 6) is -0.200. The van der Waals surface area contributed by atoms with Crippen LogP contribution in [0.4, 0.5) is 4.39 Å². The van der Waals surface area contributed by atoms with E-state index >= 15 is 0 Å². The first-order chi connectivity index (χ1) is 20.8. The normalized spacial score (nSPS) is 11.9. The highest BCUT2D eigenvalue weighted by molar-refractivity contribution is 7.80. The highest BCUT2D eigenvalue weighted by atomic mass is 32.1. The zero-order valence-electron chi connectivity index (χ0n) is 24.2. The van der Waals surface area contributed by atoms with E-state index in [1.165, 1.54) is 6.07 Å². The summed E-state index contributed by atoms with van der Waals surface area (Å²) in [5, 5.41) is 12.6. The molecule has 220 valence electrons. The Balaban J connectivity index is 1.44.